The molecule has 1 aromatic carbocycles. The predicted octanol–water partition coefficient (Wildman–Crippen LogP) is 2.07. The molecule has 2 heterocycles. The number of aryl methyl sites for hydroxylation is 1. The Hall–Kier alpha value is -2.61. The molecule has 3 rings (SSSR count). The number of halogens is 2. The van der Waals surface area contributed by atoms with Crippen molar-refractivity contribution in [2.75, 3.05) is 43.4 Å². The first kappa shape index (κ1) is 17.2. The summed E-state index contributed by atoms with van der Waals surface area (Å²) in [6.45, 7) is 5.18. The zero-order chi connectivity index (χ0) is 18.0. The molecule has 1 saturated heterocycles. The second kappa shape index (κ2) is 7.10. The van der Waals surface area contributed by atoms with Gasteiger partial charge in [-0.1, -0.05) is 0 Å². The number of anilines is 2. The van der Waals surface area contributed by atoms with Gasteiger partial charge in [0.05, 0.1) is 0 Å². The lowest BCUT2D eigenvalue weighted by molar-refractivity contribution is 0.102. The molecular weight excluding hydrogens is 328 g/mol. The summed E-state index contributed by atoms with van der Waals surface area (Å²) in [5.74, 6) is -1.31. The van der Waals surface area contributed by atoms with Crippen molar-refractivity contribution in [3.8, 4) is 0 Å². The minimum absolute atomic E-state index is 0.168. The van der Waals surface area contributed by atoms with Gasteiger partial charge < -0.3 is 15.1 Å². The van der Waals surface area contributed by atoms with Crippen molar-refractivity contribution >= 4 is 17.4 Å². The first-order valence-corrected chi connectivity index (χ1v) is 7.98. The summed E-state index contributed by atoms with van der Waals surface area (Å²) in [7, 11) is 2.06. The highest BCUT2D eigenvalue weighted by Gasteiger charge is 2.18. The summed E-state index contributed by atoms with van der Waals surface area (Å²) in [5.41, 5.74) is 0.354. The molecule has 1 fully saturated rings. The Balaban J connectivity index is 1.79. The summed E-state index contributed by atoms with van der Waals surface area (Å²) < 4.78 is 26.3. The van der Waals surface area contributed by atoms with Crippen molar-refractivity contribution in [2.24, 2.45) is 0 Å². The summed E-state index contributed by atoms with van der Waals surface area (Å²) in [6, 6.07) is 4.81. The molecule has 0 aliphatic carbocycles. The number of rotatable bonds is 3. The molecule has 132 valence electrons. The van der Waals surface area contributed by atoms with Crippen LogP contribution in [0.2, 0.25) is 0 Å². The third-order valence-electron chi connectivity index (χ3n) is 4.06. The van der Waals surface area contributed by atoms with Gasteiger partial charge in [-0.15, -0.1) is 0 Å². The van der Waals surface area contributed by atoms with E-state index in [0.29, 0.717) is 11.6 Å². The van der Waals surface area contributed by atoms with Crippen molar-refractivity contribution in [2.45, 2.75) is 6.92 Å². The zero-order valence-electron chi connectivity index (χ0n) is 14.1. The number of piperazine rings is 1. The number of amides is 1. The fourth-order valence-corrected chi connectivity index (χ4v) is 2.63. The predicted molar refractivity (Wildman–Crippen MR) is 90.8 cm³/mol. The lowest BCUT2D eigenvalue weighted by atomic mass is 10.2. The van der Waals surface area contributed by atoms with E-state index in [1.807, 2.05) is 0 Å². The summed E-state index contributed by atoms with van der Waals surface area (Å²) in [4.78, 5) is 25.3. The van der Waals surface area contributed by atoms with Gasteiger partial charge in [0.15, 0.2) is 11.6 Å². The highest BCUT2D eigenvalue weighted by Crippen LogP contribution is 2.17. The number of carbonyl (C=O) groups is 1. The average Bonchev–Trinajstić information content (AvgIpc) is 2.58. The maximum absolute atomic E-state index is 13.3. The number of hydrogen-bond donors (Lipinski definition) is 1. The Labute approximate surface area is 144 Å². The van der Waals surface area contributed by atoms with Gasteiger partial charge in [0.1, 0.15) is 17.3 Å². The molecule has 0 saturated carbocycles. The van der Waals surface area contributed by atoms with Crippen LogP contribution in [0.1, 0.15) is 16.3 Å². The highest BCUT2D eigenvalue weighted by atomic mass is 19.2. The quantitative estimate of drug-likeness (QED) is 0.921. The van der Waals surface area contributed by atoms with Crippen molar-refractivity contribution in [3.05, 3.63) is 47.4 Å². The monoisotopic (exact) mass is 347 g/mol. The second-order valence-corrected chi connectivity index (χ2v) is 6.03. The Morgan fingerprint density at radius 2 is 1.80 bits per heavy atom. The van der Waals surface area contributed by atoms with Gasteiger partial charge in [-0.3, -0.25) is 4.79 Å². The molecule has 25 heavy (non-hydrogen) atoms. The largest absolute Gasteiger partial charge is 0.354 e. The van der Waals surface area contributed by atoms with Crippen molar-refractivity contribution in [1.29, 1.82) is 0 Å². The van der Waals surface area contributed by atoms with Gasteiger partial charge in [0.2, 0.25) is 0 Å². The molecule has 2 aromatic rings. The fraction of sp³-hybridized carbons (Fsp3) is 0.353. The van der Waals surface area contributed by atoms with Crippen LogP contribution < -0.4 is 10.2 Å². The number of aromatic nitrogens is 2. The standard InChI is InChI=1S/C17H19F2N5O/c1-11-20-15(10-16(21-11)24-7-5-23(2)6-8-24)17(25)22-12-3-4-13(18)14(19)9-12/h3-4,9-10H,5-8H2,1-2H3,(H,22,25). The maximum atomic E-state index is 13.3. The third kappa shape index (κ3) is 4.08. The van der Waals surface area contributed by atoms with Crippen LogP contribution in [0.3, 0.4) is 0 Å². The van der Waals surface area contributed by atoms with E-state index >= 15 is 0 Å². The third-order valence-corrected chi connectivity index (χ3v) is 4.06. The summed E-state index contributed by atoms with van der Waals surface area (Å²) >= 11 is 0. The summed E-state index contributed by atoms with van der Waals surface area (Å²) in [6.07, 6.45) is 0. The van der Waals surface area contributed by atoms with E-state index < -0.39 is 17.5 Å². The van der Waals surface area contributed by atoms with Crippen molar-refractivity contribution in [1.82, 2.24) is 14.9 Å². The molecule has 1 N–H and O–H groups in total. The molecule has 1 amide bonds. The van der Waals surface area contributed by atoms with Crippen LogP contribution in [-0.2, 0) is 0 Å². The average molecular weight is 347 g/mol. The van der Waals surface area contributed by atoms with E-state index in [1.165, 1.54) is 6.07 Å². The lowest BCUT2D eigenvalue weighted by Crippen LogP contribution is -2.45. The van der Waals surface area contributed by atoms with Gasteiger partial charge >= 0.3 is 0 Å². The van der Waals surface area contributed by atoms with Crippen LogP contribution in [0.25, 0.3) is 0 Å². The second-order valence-electron chi connectivity index (χ2n) is 6.03. The fourth-order valence-electron chi connectivity index (χ4n) is 2.63. The number of carbonyl (C=O) groups excluding carboxylic acids is 1. The Bertz CT molecular complexity index is 791. The lowest BCUT2D eigenvalue weighted by Gasteiger charge is -2.33. The summed E-state index contributed by atoms with van der Waals surface area (Å²) in [5, 5.41) is 2.53. The van der Waals surface area contributed by atoms with E-state index in [4.69, 9.17) is 0 Å². The molecule has 8 heteroatoms. The molecular formula is C17H19F2N5O. The molecule has 0 radical (unpaired) electrons. The van der Waals surface area contributed by atoms with Crippen LogP contribution in [0.15, 0.2) is 24.3 Å². The van der Waals surface area contributed by atoms with E-state index in [0.717, 1.165) is 38.3 Å². The van der Waals surface area contributed by atoms with Crippen LogP contribution in [0.4, 0.5) is 20.3 Å². The molecule has 0 atom stereocenters. The minimum atomic E-state index is -1.02. The van der Waals surface area contributed by atoms with Crippen LogP contribution in [0.5, 0.6) is 0 Å². The van der Waals surface area contributed by atoms with Crippen LogP contribution in [-0.4, -0.2) is 54.0 Å². The Morgan fingerprint density at radius 3 is 2.48 bits per heavy atom. The molecule has 0 spiro atoms. The van der Waals surface area contributed by atoms with Gasteiger partial charge in [0, 0.05) is 44.0 Å². The first-order valence-electron chi connectivity index (χ1n) is 7.98. The number of nitrogens with one attached hydrogen (secondary N) is 1. The number of hydrogen-bond acceptors (Lipinski definition) is 5. The SMILES string of the molecule is Cc1nc(C(=O)Nc2ccc(F)c(F)c2)cc(N2CCN(C)CC2)n1. The van der Waals surface area contributed by atoms with E-state index in [9.17, 15) is 13.6 Å². The molecule has 1 aliphatic heterocycles. The Kier molecular flexibility index (Phi) is 4.89. The van der Waals surface area contributed by atoms with E-state index in [-0.39, 0.29) is 11.4 Å². The topological polar surface area (TPSA) is 61.4 Å². The number of benzene rings is 1. The molecule has 0 unspecified atom stereocenters. The molecule has 1 aliphatic rings. The maximum Gasteiger partial charge on any atom is 0.274 e. The van der Waals surface area contributed by atoms with Gasteiger partial charge in [-0.25, -0.2) is 18.7 Å². The molecule has 0 bridgehead atoms. The van der Waals surface area contributed by atoms with Gasteiger partial charge in [0.25, 0.3) is 5.91 Å². The van der Waals surface area contributed by atoms with E-state index in [1.54, 1.807) is 13.0 Å². The molecule has 6 nitrogen and oxygen atoms in total. The van der Waals surface area contributed by atoms with Gasteiger partial charge in [-0.2, -0.15) is 0 Å². The first-order chi connectivity index (χ1) is 11.9. The number of likely N-dealkylation sites (N-methyl/N-ethyl adjacent to an activating group) is 1. The number of nitrogens with zero attached hydrogens (tertiary/aromatic N) is 4. The Morgan fingerprint density at radius 1 is 1.08 bits per heavy atom. The van der Waals surface area contributed by atoms with Crippen molar-refractivity contribution < 1.29 is 13.6 Å². The molecule has 1 aromatic heterocycles. The van der Waals surface area contributed by atoms with Crippen LogP contribution >= 0.6 is 0 Å². The normalized spacial score (nSPS) is 15.3. The van der Waals surface area contributed by atoms with E-state index in [2.05, 4.69) is 32.1 Å². The smallest absolute Gasteiger partial charge is 0.274 e. The zero-order valence-corrected chi connectivity index (χ0v) is 14.1. The minimum Gasteiger partial charge on any atom is -0.354 e. The van der Waals surface area contributed by atoms with Crippen molar-refractivity contribution in [3.63, 3.8) is 0 Å². The highest BCUT2D eigenvalue weighted by molar-refractivity contribution is 6.03. The van der Waals surface area contributed by atoms with Gasteiger partial charge in [-0.05, 0) is 26.1 Å². The van der Waals surface area contributed by atoms with Crippen LogP contribution in [0, 0.1) is 18.6 Å².